The van der Waals surface area contributed by atoms with Crippen LogP contribution in [0.1, 0.15) is 258 Å². The Morgan fingerprint density at radius 2 is 0.875 bits per heavy atom. The van der Waals surface area contributed by atoms with Gasteiger partial charge < -0.3 is 28.8 Å². The summed E-state index contributed by atoms with van der Waals surface area (Å²) in [4.78, 5) is 25.4. The number of carbonyl (C=O) groups excluding carboxylic acids is 1. The van der Waals surface area contributed by atoms with Gasteiger partial charge in [-0.1, -0.05) is 230 Å². The molecule has 64 heavy (non-hydrogen) atoms. The monoisotopic (exact) mass is 923 g/mol. The van der Waals surface area contributed by atoms with Crippen LogP contribution in [0.5, 0.6) is 0 Å². The minimum atomic E-state index is -4.60. The second kappa shape index (κ2) is 46.8. The van der Waals surface area contributed by atoms with Gasteiger partial charge in [0.05, 0.1) is 39.9 Å². The number of hydrogen-bond donors (Lipinski definition) is 2. The molecule has 3 unspecified atom stereocenters. The summed E-state index contributed by atoms with van der Waals surface area (Å²) in [6, 6.07) is -0.906. The van der Waals surface area contributed by atoms with Crippen molar-refractivity contribution in [1.29, 1.82) is 0 Å². The number of aliphatic hydroxyl groups excluding tert-OH is 1. The molecule has 378 valence electrons. The normalized spacial score (nSPS) is 14.3. The molecule has 0 bridgehead atoms. The van der Waals surface area contributed by atoms with Crippen molar-refractivity contribution in [3.05, 3.63) is 36.5 Å². The number of carbonyl (C=O) groups is 1. The number of amides is 1. The average Bonchev–Trinajstić information content (AvgIpc) is 3.25. The van der Waals surface area contributed by atoms with Gasteiger partial charge in [0.2, 0.25) is 5.91 Å². The first kappa shape index (κ1) is 62.7. The highest BCUT2D eigenvalue weighted by molar-refractivity contribution is 7.45. The van der Waals surface area contributed by atoms with Crippen molar-refractivity contribution >= 4 is 13.7 Å². The number of quaternary nitrogens is 1. The van der Waals surface area contributed by atoms with E-state index in [-0.39, 0.29) is 12.5 Å². The molecule has 0 aliphatic rings. The van der Waals surface area contributed by atoms with Crippen molar-refractivity contribution in [1.82, 2.24) is 5.32 Å². The van der Waals surface area contributed by atoms with E-state index in [0.29, 0.717) is 17.4 Å². The molecule has 0 aliphatic carbocycles. The lowest BCUT2D eigenvalue weighted by Gasteiger charge is -2.29. The Bertz CT molecular complexity index is 1140. The second-order valence-corrected chi connectivity index (χ2v) is 21.3. The largest absolute Gasteiger partial charge is 0.756 e. The van der Waals surface area contributed by atoms with E-state index in [4.69, 9.17) is 9.05 Å². The van der Waals surface area contributed by atoms with Crippen molar-refractivity contribution in [2.24, 2.45) is 0 Å². The van der Waals surface area contributed by atoms with Gasteiger partial charge in [0.25, 0.3) is 7.82 Å². The molecule has 1 amide bonds. The zero-order valence-electron chi connectivity index (χ0n) is 43.0. The minimum absolute atomic E-state index is 0.00768. The second-order valence-electron chi connectivity index (χ2n) is 19.9. The molecule has 0 aromatic heterocycles. The van der Waals surface area contributed by atoms with E-state index in [2.05, 4.69) is 43.5 Å². The molecule has 0 saturated carbocycles. The van der Waals surface area contributed by atoms with E-state index in [1.54, 1.807) is 6.08 Å². The fourth-order valence-electron chi connectivity index (χ4n) is 7.99. The van der Waals surface area contributed by atoms with E-state index < -0.39 is 26.6 Å². The van der Waals surface area contributed by atoms with E-state index >= 15 is 0 Å². The van der Waals surface area contributed by atoms with Gasteiger partial charge in [-0.25, -0.2) is 0 Å². The molecular weight excluding hydrogens is 816 g/mol. The number of likely N-dealkylation sites (N-methyl/N-ethyl adjacent to an activating group) is 1. The summed E-state index contributed by atoms with van der Waals surface area (Å²) in [6.07, 6.45) is 59.5. The van der Waals surface area contributed by atoms with E-state index in [1.807, 2.05) is 27.2 Å². The molecule has 0 aliphatic heterocycles. The van der Waals surface area contributed by atoms with Gasteiger partial charge >= 0.3 is 0 Å². The first-order valence-corrected chi connectivity index (χ1v) is 28.8. The van der Waals surface area contributed by atoms with Gasteiger partial charge in [-0.05, 0) is 57.8 Å². The molecule has 0 radical (unpaired) electrons. The Labute approximate surface area is 397 Å². The van der Waals surface area contributed by atoms with Crippen LogP contribution in [0.3, 0.4) is 0 Å². The number of unbranched alkanes of at least 4 members (excludes halogenated alkanes) is 33. The Hall–Kier alpha value is -1.28. The number of allylic oxidation sites excluding steroid dienone is 5. The Kier molecular flexibility index (Phi) is 45.9. The highest BCUT2D eigenvalue weighted by Gasteiger charge is 2.23. The third kappa shape index (κ3) is 48.6. The Balaban J connectivity index is 4.18. The predicted molar refractivity (Wildman–Crippen MR) is 275 cm³/mol. The number of nitrogens with zero attached hydrogens (tertiary/aromatic N) is 1. The lowest BCUT2D eigenvalue weighted by Crippen LogP contribution is -2.45. The summed E-state index contributed by atoms with van der Waals surface area (Å²) in [5.41, 5.74) is 0. The molecule has 8 nitrogen and oxygen atoms in total. The van der Waals surface area contributed by atoms with Crippen molar-refractivity contribution in [2.75, 3.05) is 40.9 Å². The van der Waals surface area contributed by atoms with Crippen LogP contribution in [0.2, 0.25) is 0 Å². The topological polar surface area (TPSA) is 108 Å². The molecule has 2 N–H and O–H groups in total. The average molecular weight is 923 g/mol. The lowest BCUT2D eigenvalue weighted by atomic mass is 10.0. The number of phosphoric ester groups is 1. The zero-order valence-corrected chi connectivity index (χ0v) is 43.9. The van der Waals surface area contributed by atoms with Gasteiger partial charge in [0.1, 0.15) is 13.2 Å². The molecule has 3 atom stereocenters. The number of rotatable bonds is 50. The fourth-order valence-corrected chi connectivity index (χ4v) is 8.71. The lowest BCUT2D eigenvalue weighted by molar-refractivity contribution is -0.870. The van der Waals surface area contributed by atoms with Gasteiger partial charge in [0, 0.05) is 6.42 Å². The summed E-state index contributed by atoms with van der Waals surface area (Å²) in [5, 5.41) is 13.8. The van der Waals surface area contributed by atoms with E-state index in [0.717, 1.165) is 57.8 Å². The van der Waals surface area contributed by atoms with Gasteiger partial charge in [-0.2, -0.15) is 0 Å². The van der Waals surface area contributed by atoms with Crippen LogP contribution < -0.4 is 10.2 Å². The van der Waals surface area contributed by atoms with Crippen LogP contribution in [0.4, 0.5) is 0 Å². The summed E-state index contributed by atoms with van der Waals surface area (Å²) in [5.74, 6) is -0.216. The molecule has 0 spiro atoms. The summed E-state index contributed by atoms with van der Waals surface area (Å²) < 4.78 is 23.3. The number of aliphatic hydroxyl groups is 1. The molecular formula is C55H107N2O6P. The first-order valence-electron chi connectivity index (χ1n) is 27.4. The van der Waals surface area contributed by atoms with Crippen molar-refractivity contribution in [3.63, 3.8) is 0 Å². The van der Waals surface area contributed by atoms with Crippen LogP contribution in [0.25, 0.3) is 0 Å². The van der Waals surface area contributed by atoms with Gasteiger partial charge in [-0.3, -0.25) is 9.36 Å². The SMILES string of the molecule is CCCCCC/C=C\CCCCCCCC(=O)NC(COP(=O)([O-])OCC[N+](C)(C)C)C(O)/C=C/CC/C=C/CCCCCCCCCCCCCCCCCCCCCCCCC. The highest BCUT2D eigenvalue weighted by atomic mass is 31.2. The van der Waals surface area contributed by atoms with Crippen molar-refractivity contribution < 1.29 is 32.9 Å². The molecule has 0 fully saturated rings. The molecule has 0 aromatic rings. The zero-order chi connectivity index (χ0) is 47.1. The Morgan fingerprint density at radius 1 is 0.531 bits per heavy atom. The third-order valence-corrected chi connectivity index (χ3v) is 13.3. The number of nitrogens with one attached hydrogen (secondary N) is 1. The fraction of sp³-hybridized carbons (Fsp3) is 0.873. The number of phosphoric acid groups is 1. The molecule has 9 heteroatoms. The molecule has 0 rings (SSSR count). The predicted octanol–water partition coefficient (Wildman–Crippen LogP) is 15.6. The summed E-state index contributed by atoms with van der Waals surface area (Å²) >= 11 is 0. The van der Waals surface area contributed by atoms with E-state index in [1.165, 1.54) is 180 Å². The van der Waals surface area contributed by atoms with Crippen LogP contribution in [0.15, 0.2) is 36.5 Å². The first-order chi connectivity index (χ1) is 31.0. The van der Waals surface area contributed by atoms with Crippen LogP contribution in [0, 0.1) is 0 Å². The summed E-state index contributed by atoms with van der Waals surface area (Å²) in [7, 11) is 1.24. The maximum atomic E-state index is 12.9. The highest BCUT2D eigenvalue weighted by Crippen LogP contribution is 2.38. The summed E-state index contributed by atoms with van der Waals surface area (Å²) in [6.45, 7) is 4.62. The smallest absolute Gasteiger partial charge is 0.268 e. The Morgan fingerprint density at radius 3 is 1.28 bits per heavy atom. The van der Waals surface area contributed by atoms with Crippen molar-refractivity contribution in [2.45, 2.75) is 270 Å². The van der Waals surface area contributed by atoms with Crippen LogP contribution >= 0.6 is 7.82 Å². The van der Waals surface area contributed by atoms with Gasteiger partial charge in [0.15, 0.2) is 0 Å². The van der Waals surface area contributed by atoms with E-state index in [9.17, 15) is 19.4 Å². The third-order valence-electron chi connectivity index (χ3n) is 12.3. The maximum Gasteiger partial charge on any atom is 0.268 e. The quantitative estimate of drug-likeness (QED) is 0.0272. The standard InChI is InChI=1S/C55H107N2O6P/c1-6-8-10-12-14-16-18-20-21-22-23-24-25-26-27-28-29-30-31-32-33-34-35-37-38-40-42-44-46-48-54(58)53(52-63-64(60,61)62-51-50-57(3,4)5)56-55(59)49-47-45-43-41-39-36-19-17-15-13-11-9-7-2/h17,19,38,40,46,48,53-54,58H,6-16,18,20-37,39,41-45,47,49-52H2,1-5H3,(H-,56,59,60,61)/b19-17-,40-38+,48-46+. The molecule has 0 saturated heterocycles. The van der Waals surface area contributed by atoms with Crippen LogP contribution in [-0.2, 0) is 18.4 Å². The number of hydrogen-bond acceptors (Lipinski definition) is 6. The van der Waals surface area contributed by atoms with Gasteiger partial charge in [-0.15, -0.1) is 0 Å². The molecule has 0 aromatic carbocycles. The van der Waals surface area contributed by atoms with Crippen LogP contribution in [-0.4, -0.2) is 68.5 Å². The van der Waals surface area contributed by atoms with Crippen molar-refractivity contribution in [3.8, 4) is 0 Å². The minimum Gasteiger partial charge on any atom is -0.756 e. The maximum absolute atomic E-state index is 12.9. The molecule has 0 heterocycles.